The minimum absolute atomic E-state index is 0.146. The largest absolute Gasteiger partial charge is 0.355 e. The van der Waals surface area contributed by atoms with E-state index in [2.05, 4.69) is 87.7 Å². The Morgan fingerprint density at radius 2 is 1.39 bits per heavy atom. The third kappa shape index (κ3) is 4.59. The lowest BCUT2D eigenvalue weighted by atomic mass is 9.77. The number of hydrogen-bond acceptors (Lipinski definition) is 3. The number of carbonyl (C=O) groups is 1. The van der Waals surface area contributed by atoms with Gasteiger partial charge in [0.2, 0.25) is 5.91 Å². The van der Waals surface area contributed by atoms with Crippen LogP contribution in [0.5, 0.6) is 0 Å². The van der Waals surface area contributed by atoms with Crippen LogP contribution in [-0.2, 0) is 16.8 Å². The maximum absolute atomic E-state index is 12.3. The molecule has 33 heavy (non-hydrogen) atoms. The fourth-order valence-electron chi connectivity index (χ4n) is 4.33. The minimum Gasteiger partial charge on any atom is -0.355 e. The molecule has 4 rings (SSSR count). The molecule has 5 nitrogen and oxygen atoms in total. The first kappa shape index (κ1) is 22.5. The average Bonchev–Trinajstić information content (AvgIpc) is 3.33. The van der Waals surface area contributed by atoms with Crippen LogP contribution in [0.2, 0.25) is 0 Å². The van der Waals surface area contributed by atoms with E-state index in [1.165, 1.54) is 0 Å². The molecule has 0 aliphatic heterocycles. The highest BCUT2D eigenvalue weighted by atomic mass is 16.2. The lowest BCUT2D eigenvalue weighted by molar-refractivity contribution is -0.122. The molecular weight excluding hydrogens is 408 g/mol. The van der Waals surface area contributed by atoms with Crippen molar-refractivity contribution in [2.45, 2.75) is 31.3 Å². The molecular formula is C28H30N4O. The van der Waals surface area contributed by atoms with Crippen LogP contribution < -0.4 is 11.1 Å². The summed E-state index contributed by atoms with van der Waals surface area (Å²) in [6.07, 6.45) is 5.11. The van der Waals surface area contributed by atoms with Gasteiger partial charge in [-0.15, -0.1) is 0 Å². The fraction of sp³-hybridized carbons (Fsp3) is 0.214. The molecule has 0 spiro atoms. The van der Waals surface area contributed by atoms with Crippen LogP contribution in [-0.4, -0.2) is 28.0 Å². The van der Waals surface area contributed by atoms with Gasteiger partial charge in [0.05, 0.1) is 18.1 Å². The monoisotopic (exact) mass is 438 g/mol. The van der Waals surface area contributed by atoms with E-state index < -0.39 is 11.6 Å². The fourth-order valence-corrected chi connectivity index (χ4v) is 4.33. The molecule has 1 heterocycles. The Bertz CT molecular complexity index is 1060. The predicted molar refractivity (Wildman–Crippen MR) is 132 cm³/mol. The topological polar surface area (TPSA) is 72.9 Å². The summed E-state index contributed by atoms with van der Waals surface area (Å²) in [6.45, 7) is 2.64. The lowest BCUT2D eigenvalue weighted by Crippen LogP contribution is -2.42. The molecule has 3 aromatic carbocycles. The molecule has 5 heteroatoms. The highest BCUT2D eigenvalue weighted by molar-refractivity contribution is 5.81. The van der Waals surface area contributed by atoms with Gasteiger partial charge in [-0.3, -0.25) is 4.79 Å². The van der Waals surface area contributed by atoms with Gasteiger partial charge in [-0.05, 0) is 23.1 Å². The van der Waals surface area contributed by atoms with Crippen molar-refractivity contribution in [1.29, 1.82) is 0 Å². The first-order valence-electron chi connectivity index (χ1n) is 11.4. The van der Waals surface area contributed by atoms with Crippen molar-refractivity contribution in [2.75, 3.05) is 6.54 Å². The Labute approximate surface area is 195 Å². The van der Waals surface area contributed by atoms with Gasteiger partial charge >= 0.3 is 0 Å². The first-order valence-corrected chi connectivity index (χ1v) is 11.4. The van der Waals surface area contributed by atoms with Gasteiger partial charge in [0.15, 0.2) is 0 Å². The Kier molecular flexibility index (Phi) is 7.01. The van der Waals surface area contributed by atoms with Gasteiger partial charge in [0.25, 0.3) is 0 Å². The van der Waals surface area contributed by atoms with Crippen LogP contribution in [0.4, 0.5) is 0 Å². The third-order valence-electron chi connectivity index (χ3n) is 5.91. The second-order valence-corrected chi connectivity index (χ2v) is 8.18. The molecule has 0 unspecified atom stereocenters. The van der Waals surface area contributed by atoms with Gasteiger partial charge in [-0.25, -0.2) is 4.98 Å². The smallest absolute Gasteiger partial charge is 0.237 e. The summed E-state index contributed by atoms with van der Waals surface area (Å²) in [5, 5.41) is 2.87. The molecule has 0 saturated carbocycles. The van der Waals surface area contributed by atoms with Crippen LogP contribution in [0.3, 0.4) is 0 Å². The standard InChI is InChI=1S/C28H30N4O/c1-2-18-30-27(33)26(29)19-25-20-32(21-31-25)28(22-12-6-3-7-13-22,23-14-8-4-9-15-23)24-16-10-5-11-17-24/h3-17,20-21,26H,2,18-19,29H2,1H3,(H,30,33)/t26-/m0/s1. The van der Waals surface area contributed by atoms with Crippen molar-refractivity contribution >= 4 is 5.91 Å². The van der Waals surface area contributed by atoms with Crippen molar-refractivity contribution in [3.05, 3.63) is 126 Å². The highest BCUT2D eigenvalue weighted by Gasteiger charge is 2.38. The lowest BCUT2D eigenvalue weighted by Gasteiger charge is -2.37. The Hall–Kier alpha value is -3.70. The molecule has 0 fully saturated rings. The molecule has 168 valence electrons. The number of nitrogens with zero attached hydrogens (tertiary/aromatic N) is 2. The molecule has 1 atom stereocenters. The van der Waals surface area contributed by atoms with Crippen molar-refractivity contribution in [3.63, 3.8) is 0 Å². The van der Waals surface area contributed by atoms with Gasteiger partial charge in [-0.2, -0.15) is 0 Å². The molecule has 0 radical (unpaired) electrons. The van der Waals surface area contributed by atoms with Crippen molar-refractivity contribution < 1.29 is 4.79 Å². The number of aromatic nitrogens is 2. The van der Waals surface area contributed by atoms with E-state index in [4.69, 9.17) is 5.73 Å². The third-order valence-corrected chi connectivity index (χ3v) is 5.91. The number of nitrogens with one attached hydrogen (secondary N) is 1. The first-order chi connectivity index (χ1) is 16.2. The molecule has 0 saturated heterocycles. The van der Waals surface area contributed by atoms with Gasteiger partial charge < -0.3 is 15.6 Å². The van der Waals surface area contributed by atoms with Crippen LogP contribution >= 0.6 is 0 Å². The molecule has 0 aliphatic rings. The van der Waals surface area contributed by atoms with E-state index >= 15 is 0 Å². The Morgan fingerprint density at radius 1 is 0.909 bits per heavy atom. The van der Waals surface area contributed by atoms with E-state index in [0.717, 1.165) is 28.8 Å². The quantitative estimate of drug-likeness (QED) is 0.386. The summed E-state index contributed by atoms with van der Waals surface area (Å²) < 4.78 is 2.14. The summed E-state index contributed by atoms with van der Waals surface area (Å²) in [5.41, 5.74) is 9.70. The van der Waals surface area contributed by atoms with E-state index in [1.807, 2.05) is 37.6 Å². The summed E-state index contributed by atoms with van der Waals surface area (Å²) >= 11 is 0. The zero-order valence-corrected chi connectivity index (χ0v) is 18.9. The molecule has 1 amide bonds. The number of carbonyl (C=O) groups excluding carboxylic acids is 1. The normalized spacial score (nSPS) is 12.3. The highest BCUT2D eigenvalue weighted by Crippen LogP contribution is 2.40. The Morgan fingerprint density at radius 3 is 1.85 bits per heavy atom. The molecule has 4 aromatic rings. The van der Waals surface area contributed by atoms with Gasteiger partial charge in [0, 0.05) is 19.2 Å². The van der Waals surface area contributed by atoms with Gasteiger partial charge in [-0.1, -0.05) is 97.9 Å². The molecule has 0 bridgehead atoms. The van der Waals surface area contributed by atoms with E-state index in [-0.39, 0.29) is 5.91 Å². The zero-order valence-electron chi connectivity index (χ0n) is 18.9. The zero-order chi connectivity index (χ0) is 23.1. The summed E-state index contributed by atoms with van der Waals surface area (Å²) in [5.74, 6) is -0.146. The molecule has 1 aromatic heterocycles. The van der Waals surface area contributed by atoms with Crippen molar-refractivity contribution in [3.8, 4) is 0 Å². The van der Waals surface area contributed by atoms with Gasteiger partial charge in [0.1, 0.15) is 5.54 Å². The molecule has 3 N–H and O–H groups in total. The second-order valence-electron chi connectivity index (χ2n) is 8.18. The summed E-state index contributed by atoms with van der Waals surface area (Å²) in [6, 6.07) is 30.6. The van der Waals surface area contributed by atoms with Crippen LogP contribution in [0, 0.1) is 0 Å². The van der Waals surface area contributed by atoms with E-state index in [0.29, 0.717) is 13.0 Å². The summed E-state index contributed by atoms with van der Waals surface area (Å²) in [4.78, 5) is 17.0. The summed E-state index contributed by atoms with van der Waals surface area (Å²) in [7, 11) is 0. The SMILES string of the molecule is CCCNC(=O)[C@@H](N)Cc1cn(C(c2ccccc2)(c2ccccc2)c2ccccc2)cn1. The predicted octanol–water partition coefficient (Wildman–Crippen LogP) is 4.12. The maximum Gasteiger partial charge on any atom is 0.237 e. The maximum atomic E-state index is 12.3. The van der Waals surface area contributed by atoms with Crippen LogP contribution in [0.15, 0.2) is 104 Å². The molecule has 0 aliphatic carbocycles. The number of benzene rings is 3. The van der Waals surface area contributed by atoms with Crippen LogP contribution in [0.25, 0.3) is 0 Å². The number of hydrogen-bond donors (Lipinski definition) is 2. The van der Waals surface area contributed by atoms with Crippen molar-refractivity contribution in [1.82, 2.24) is 14.9 Å². The second kappa shape index (κ2) is 10.3. The number of rotatable bonds is 9. The average molecular weight is 439 g/mol. The minimum atomic E-state index is -0.639. The van der Waals surface area contributed by atoms with Crippen molar-refractivity contribution in [2.24, 2.45) is 5.73 Å². The number of amides is 1. The van der Waals surface area contributed by atoms with E-state index in [9.17, 15) is 4.79 Å². The Balaban J connectivity index is 1.83. The number of nitrogens with two attached hydrogens (primary N) is 1. The van der Waals surface area contributed by atoms with E-state index in [1.54, 1.807) is 0 Å². The van der Waals surface area contributed by atoms with Crippen LogP contribution in [0.1, 0.15) is 35.7 Å². The number of imidazole rings is 1.